The molecule has 37 heavy (non-hydrogen) atoms. The van der Waals surface area contributed by atoms with E-state index in [1.54, 1.807) is 13.8 Å². The van der Waals surface area contributed by atoms with Crippen molar-refractivity contribution in [2.75, 3.05) is 24.6 Å². The number of piperidine rings is 1. The maximum atomic E-state index is 14.9. The highest BCUT2D eigenvalue weighted by molar-refractivity contribution is 5.80. The van der Waals surface area contributed by atoms with Gasteiger partial charge in [-0.1, -0.05) is 6.92 Å². The molecule has 3 aromatic rings. The first-order valence-electron chi connectivity index (χ1n) is 12.5. The van der Waals surface area contributed by atoms with Gasteiger partial charge in [0.25, 0.3) is 0 Å². The third-order valence-corrected chi connectivity index (χ3v) is 6.55. The molecule has 0 atom stereocenters. The van der Waals surface area contributed by atoms with Gasteiger partial charge in [0.15, 0.2) is 29.6 Å². The number of rotatable bonds is 8. The first kappa shape index (κ1) is 26.4. The van der Waals surface area contributed by atoms with Crippen molar-refractivity contribution in [2.45, 2.75) is 46.1 Å². The van der Waals surface area contributed by atoms with Crippen molar-refractivity contribution in [3.8, 4) is 16.9 Å². The Balaban J connectivity index is 1.41. The molecular weight excluding hydrogens is 481 g/mol. The van der Waals surface area contributed by atoms with Gasteiger partial charge in [0.2, 0.25) is 5.95 Å². The molecule has 1 aliphatic rings. The average molecular weight is 513 g/mol. The molecule has 0 N–H and O–H groups in total. The third-order valence-electron chi connectivity index (χ3n) is 6.55. The minimum absolute atomic E-state index is 0.00295. The molecule has 0 bridgehead atoms. The van der Waals surface area contributed by atoms with Gasteiger partial charge in [-0.25, -0.2) is 27.9 Å². The first-order chi connectivity index (χ1) is 17.7. The Morgan fingerprint density at radius 2 is 1.70 bits per heavy atom. The van der Waals surface area contributed by atoms with Crippen molar-refractivity contribution in [3.63, 3.8) is 0 Å². The highest BCUT2D eigenvalue weighted by Gasteiger charge is 2.23. The SMILES string of the molecule is CCc1cnc(N2CCC(COc3c(F)cc(-c4cc(/C=[N+](\[O-])C(C)C)ccc4F)cc3F)CC2)nc1. The maximum absolute atomic E-state index is 14.9. The minimum Gasteiger partial charge on any atom is -0.624 e. The largest absolute Gasteiger partial charge is 0.624 e. The van der Waals surface area contributed by atoms with Crippen molar-refractivity contribution >= 4 is 12.2 Å². The first-order valence-corrected chi connectivity index (χ1v) is 12.5. The van der Waals surface area contributed by atoms with Crippen LogP contribution in [0.15, 0.2) is 42.7 Å². The van der Waals surface area contributed by atoms with Gasteiger partial charge in [0.05, 0.1) is 6.61 Å². The molecule has 6 nitrogen and oxygen atoms in total. The molecule has 0 spiro atoms. The molecule has 2 aromatic carbocycles. The van der Waals surface area contributed by atoms with Gasteiger partial charge in [0, 0.05) is 36.6 Å². The Labute approximate surface area is 215 Å². The van der Waals surface area contributed by atoms with E-state index in [2.05, 4.69) is 21.8 Å². The Morgan fingerprint density at radius 1 is 1.05 bits per heavy atom. The monoisotopic (exact) mass is 512 g/mol. The Hall–Kier alpha value is -3.62. The minimum atomic E-state index is -0.904. The summed E-state index contributed by atoms with van der Waals surface area (Å²) in [6, 6.07) is 5.81. The fourth-order valence-corrected chi connectivity index (χ4v) is 4.19. The van der Waals surface area contributed by atoms with Crippen molar-refractivity contribution < 1.29 is 22.6 Å². The van der Waals surface area contributed by atoms with Gasteiger partial charge in [0.1, 0.15) is 5.82 Å². The van der Waals surface area contributed by atoms with Crippen LogP contribution in [-0.4, -0.2) is 46.7 Å². The molecule has 9 heteroatoms. The quantitative estimate of drug-likeness (QED) is 0.166. The van der Waals surface area contributed by atoms with E-state index in [0.717, 1.165) is 54.8 Å². The molecule has 0 radical (unpaired) electrons. The lowest BCUT2D eigenvalue weighted by atomic mass is 9.98. The molecule has 1 fully saturated rings. The molecule has 0 unspecified atom stereocenters. The van der Waals surface area contributed by atoms with Crippen LogP contribution in [0.25, 0.3) is 11.1 Å². The average Bonchev–Trinajstić information content (AvgIpc) is 2.89. The van der Waals surface area contributed by atoms with E-state index in [9.17, 15) is 18.4 Å². The van der Waals surface area contributed by atoms with Crippen molar-refractivity contribution in [1.82, 2.24) is 9.97 Å². The number of halogens is 3. The molecule has 0 saturated carbocycles. The number of anilines is 1. The second-order valence-corrected chi connectivity index (χ2v) is 9.58. The lowest BCUT2D eigenvalue weighted by Crippen LogP contribution is -2.36. The Bertz CT molecular complexity index is 1230. The van der Waals surface area contributed by atoms with Crippen LogP contribution in [0, 0.1) is 28.6 Å². The number of hydrogen-bond donors (Lipinski definition) is 0. The number of nitrogens with zero attached hydrogens (tertiary/aromatic N) is 4. The maximum Gasteiger partial charge on any atom is 0.225 e. The Morgan fingerprint density at radius 3 is 2.30 bits per heavy atom. The van der Waals surface area contributed by atoms with Gasteiger partial charge < -0.3 is 14.8 Å². The predicted molar refractivity (Wildman–Crippen MR) is 138 cm³/mol. The molecule has 1 aliphatic heterocycles. The third kappa shape index (κ3) is 6.39. The smallest absolute Gasteiger partial charge is 0.225 e. The van der Waals surface area contributed by atoms with Crippen molar-refractivity contribution in [3.05, 3.63) is 76.5 Å². The number of hydroxylamine groups is 1. The summed E-state index contributed by atoms with van der Waals surface area (Å²) in [4.78, 5) is 10.9. The second-order valence-electron chi connectivity index (χ2n) is 9.58. The lowest BCUT2D eigenvalue weighted by molar-refractivity contribution is -0.487. The number of aromatic nitrogens is 2. The van der Waals surface area contributed by atoms with E-state index in [1.165, 1.54) is 24.4 Å². The summed E-state index contributed by atoms with van der Waals surface area (Å²) < 4.78 is 50.5. The summed E-state index contributed by atoms with van der Waals surface area (Å²) in [6.07, 6.45) is 7.42. The van der Waals surface area contributed by atoms with E-state index >= 15 is 0 Å². The lowest BCUT2D eigenvalue weighted by Gasteiger charge is -2.31. The van der Waals surface area contributed by atoms with Gasteiger partial charge in [-0.2, -0.15) is 0 Å². The van der Waals surface area contributed by atoms with Crippen LogP contribution < -0.4 is 9.64 Å². The van der Waals surface area contributed by atoms with Gasteiger partial charge in [-0.05, 0) is 80.5 Å². The van der Waals surface area contributed by atoms with Crippen LogP contribution in [0.4, 0.5) is 19.1 Å². The van der Waals surface area contributed by atoms with Crippen LogP contribution in [0.5, 0.6) is 5.75 Å². The van der Waals surface area contributed by atoms with Gasteiger partial charge >= 0.3 is 0 Å². The van der Waals surface area contributed by atoms with Crippen LogP contribution in [-0.2, 0) is 6.42 Å². The summed E-state index contributed by atoms with van der Waals surface area (Å²) >= 11 is 0. The highest BCUT2D eigenvalue weighted by Crippen LogP contribution is 2.32. The van der Waals surface area contributed by atoms with E-state index in [-0.39, 0.29) is 29.7 Å². The normalized spacial score (nSPS) is 14.9. The van der Waals surface area contributed by atoms with Crippen molar-refractivity contribution in [1.29, 1.82) is 0 Å². The summed E-state index contributed by atoms with van der Waals surface area (Å²) in [5, 5.41) is 11.9. The van der Waals surface area contributed by atoms with Gasteiger partial charge in [-0.15, -0.1) is 0 Å². The van der Waals surface area contributed by atoms with E-state index in [0.29, 0.717) is 11.5 Å². The standard InChI is InChI=1S/C28H31F3N4O2/c1-4-19-14-32-28(33-15-19)34-9-7-20(8-10-34)17-37-27-25(30)12-22(13-26(27)31)23-11-21(5-6-24(23)29)16-35(36)18(2)3/h5-6,11-16,18,20H,4,7-10,17H2,1-3H3/b35-16-. The second kappa shape index (κ2) is 11.6. The van der Waals surface area contributed by atoms with E-state index in [1.807, 2.05) is 12.4 Å². The number of hydrogen-bond acceptors (Lipinski definition) is 5. The van der Waals surface area contributed by atoms with Crippen molar-refractivity contribution in [2.24, 2.45) is 5.92 Å². The number of aryl methyl sites for hydroxylation is 1. The van der Waals surface area contributed by atoms with Crippen LogP contribution >= 0.6 is 0 Å². The molecular formula is C28H31F3N4O2. The number of benzene rings is 2. The van der Waals surface area contributed by atoms with Crippen LogP contribution in [0.3, 0.4) is 0 Å². The molecule has 196 valence electrons. The van der Waals surface area contributed by atoms with Gasteiger partial charge in [-0.3, -0.25) is 0 Å². The molecule has 2 heterocycles. The van der Waals surface area contributed by atoms with Crippen LogP contribution in [0.2, 0.25) is 0 Å². The number of ether oxygens (including phenoxy) is 1. The molecule has 4 rings (SSSR count). The summed E-state index contributed by atoms with van der Waals surface area (Å²) in [7, 11) is 0. The zero-order valence-corrected chi connectivity index (χ0v) is 21.3. The summed E-state index contributed by atoms with van der Waals surface area (Å²) in [5.41, 5.74) is 1.53. The molecule has 1 aromatic heterocycles. The molecule has 0 amide bonds. The highest BCUT2D eigenvalue weighted by atomic mass is 19.1. The fourth-order valence-electron chi connectivity index (χ4n) is 4.19. The topological polar surface area (TPSA) is 64.3 Å². The Kier molecular flexibility index (Phi) is 8.31. The zero-order chi connectivity index (χ0) is 26.5. The van der Waals surface area contributed by atoms with E-state index in [4.69, 9.17) is 4.74 Å². The fraction of sp³-hybridized carbons (Fsp3) is 0.393. The summed E-state index contributed by atoms with van der Waals surface area (Å²) in [5.74, 6) is -2.11. The van der Waals surface area contributed by atoms with Crippen LogP contribution in [0.1, 0.15) is 44.7 Å². The van der Waals surface area contributed by atoms with E-state index < -0.39 is 23.2 Å². The predicted octanol–water partition coefficient (Wildman–Crippen LogP) is 5.76. The zero-order valence-electron chi connectivity index (χ0n) is 21.3. The molecule has 1 saturated heterocycles. The summed E-state index contributed by atoms with van der Waals surface area (Å²) in [6.45, 7) is 7.13. The molecule has 0 aliphatic carbocycles.